The van der Waals surface area contributed by atoms with E-state index in [2.05, 4.69) is 6.92 Å². The van der Waals surface area contributed by atoms with E-state index in [-0.39, 0.29) is 12.0 Å². The van der Waals surface area contributed by atoms with Crippen molar-refractivity contribution in [1.82, 2.24) is 0 Å². The zero-order valence-corrected chi connectivity index (χ0v) is 9.33. The smallest absolute Gasteiger partial charge is 0.0737 e. The van der Waals surface area contributed by atoms with Crippen LogP contribution in [0.2, 0.25) is 0 Å². The maximum atomic E-state index is 10.2. The van der Waals surface area contributed by atoms with Crippen molar-refractivity contribution in [3.8, 4) is 0 Å². The second-order valence-corrected chi connectivity index (χ2v) is 4.31. The highest BCUT2D eigenvalue weighted by Crippen LogP contribution is 2.41. The zero-order chi connectivity index (χ0) is 10.6. The van der Waals surface area contributed by atoms with E-state index in [1.807, 2.05) is 6.92 Å². The molecule has 0 aliphatic heterocycles. The molecule has 1 saturated carbocycles. The van der Waals surface area contributed by atoms with Crippen LogP contribution in [0.5, 0.6) is 0 Å². The quantitative estimate of drug-likeness (QED) is 0.681. The Balaban J connectivity index is 2.36. The van der Waals surface area contributed by atoms with Crippen LogP contribution in [0.1, 0.15) is 39.5 Å². The zero-order valence-electron chi connectivity index (χ0n) is 9.33. The van der Waals surface area contributed by atoms with Crippen molar-refractivity contribution in [2.75, 3.05) is 13.2 Å². The highest BCUT2D eigenvalue weighted by Gasteiger charge is 2.47. The van der Waals surface area contributed by atoms with Gasteiger partial charge in [0.1, 0.15) is 0 Å². The van der Waals surface area contributed by atoms with Crippen LogP contribution in [-0.4, -0.2) is 30.0 Å². The predicted octanol–water partition coefficient (Wildman–Crippen LogP) is 1.29. The highest BCUT2D eigenvalue weighted by atomic mass is 16.5. The third kappa shape index (κ3) is 2.47. The molecule has 0 spiro atoms. The number of aliphatic hydroxyl groups is 1. The molecule has 3 nitrogen and oxygen atoms in total. The second-order valence-electron chi connectivity index (χ2n) is 4.31. The Morgan fingerprint density at radius 2 is 2.14 bits per heavy atom. The molecule has 0 radical (unpaired) electrons. The van der Waals surface area contributed by atoms with Gasteiger partial charge in [-0.2, -0.15) is 0 Å². The standard InChI is InChI=1S/C11H23NO2/c1-3-5-9(8-12)11(13)6-10(7-11)14-4-2/h9-10,13H,3-8,12H2,1-2H3. The molecule has 0 heterocycles. The summed E-state index contributed by atoms with van der Waals surface area (Å²) in [6, 6.07) is 0. The first-order valence-corrected chi connectivity index (χ1v) is 5.70. The lowest BCUT2D eigenvalue weighted by atomic mass is 9.68. The molecule has 0 aromatic rings. The Morgan fingerprint density at radius 1 is 1.50 bits per heavy atom. The largest absolute Gasteiger partial charge is 0.389 e. The molecule has 0 aromatic heterocycles. The van der Waals surface area contributed by atoms with Crippen molar-refractivity contribution < 1.29 is 9.84 Å². The van der Waals surface area contributed by atoms with Gasteiger partial charge in [-0.15, -0.1) is 0 Å². The molecule has 0 bridgehead atoms. The summed E-state index contributed by atoms with van der Waals surface area (Å²) in [5.41, 5.74) is 5.14. The number of hydrogen-bond donors (Lipinski definition) is 2. The summed E-state index contributed by atoms with van der Waals surface area (Å²) in [4.78, 5) is 0. The summed E-state index contributed by atoms with van der Waals surface area (Å²) in [5.74, 6) is 0.254. The van der Waals surface area contributed by atoms with Crippen LogP contribution in [0.3, 0.4) is 0 Å². The van der Waals surface area contributed by atoms with Gasteiger partial charge in [0.15, 0.2) is 0 Å². The predicted molar refractivity (Wildman–Crippen MR) is 57.1 cm³/mol. The lowest BCUT2D eigenvalue weighted by Crippen LogP contribution is -2.55. The van der Waals surface area contributed by atoms with E-state index in [9.17, 15) is 5.11 Å². The summed E-state index contributed by atoms with van der Waals surface area (Å²) in [7, 11) is 0. The molecule has 1 aliphatic rings. The third-order valence-electron chi connectivity index (χ3n) is 3.25. The van der Waals surface area contributed by atoms with E-state index in [1.165, 1.54) is 0 Å². The van der Waals surface area contributed by atoms with Gasteiger partial charge in [0.2, 0.25) is 0 Å². The monoisotopic (exact) mass is 201 g/mol. The van der Waals surface area contributed by atoms with Crippen LogP contribution in [0, 0.1) is 5.92 Å². The van der Waals surface area contributed by atoms with Crippen LogP contribution in [0.25, 0.3) is 0 Å². The molecule has 1 atom stereocenters. The van der Waals surface area contributed by atoms with Gasteiger partial charge in [-0.05, 0) is 19.9 Å². The Kier molecular flexibility index (Phi) is 4.35. The van der Waals surface area contributed by atoms with Crippen molar-refractivity contribution in [1.29, 1.82) is 0 Å². The fourth-order valence-electron chi connectivity index (χ4n) is 2.37. The first-order valence-electron chi connectivity index (χ1n) is 5.70. The molecule has 1 rings (SSSR count). The first-order chi connectivity index (χ1) is 6.66. The Bertz CT molecular complexity index is 167. The van der Waals surface area contributed by atoms with Gasteiger partial charge in [0.25, 0.3) is 0 Å². The minimum Gasteiger partial charge on any atom is -0.389 e. The Hall–Kier alpha value is -0.120. The molecule has 1 unspecified atom stereocenters. The van der Waals surface area contributed by atoms with Crippen LogP contribution >= 0.6 is 0 Å². The molecular formula is C11H23NO2. The van der Waals surface area contributed by atoms with Gasteiger partial charge in [0, 0.05) is 25.4 Å². The summed E-state index contributed by atoms with van der Waals surface area (Å²) < 4.78 is 5.45. The van der Waals surface area contributed by atoms with E-state index in [4.69, 9.17) is 10.5 Å². The van der Waals surface area contributed by atoms with Crippen molar-refractivity contribution >= 4 is 0 Å². The number of hydrogen-bond acceptors (Lipinski definition) is 3. The molecule has 3 heteroatoms. The average molecular weight is 201 g/mol. The van der Waals surface area contributed by atoms with Gasteiger partial charge in [-0.3, -0.25) is 0 Å². The van der Waals surface area contributed by atoms with Gasteiger partial charge in [0.05, 0.1) is 11.7 Å². The Labute approximate surface area is 86.6 Å². The Morgan fingerprint density at radius 3 is 2.57 bits per heavy atom. The SMILES string of the molecule is CCCC(CN)C1(O)CC(OCC)C1. The third-order valence-corrected chi connectivity index (χ3v) is 3.25. The fourth-order valence-corrected chi connectivity index (χ4v) is 2.37. The first kappa shape index (κ1) is 12.0. The van der Waals surface area contributed by atoms with Crippen molar-refractivity contribution in [2.24, 2.45) is 11.7 Å². The topological polar surface area (TPSA) is 55.5 Å². The van der Waals surface area contributed by atoms with Gasteiger partial charge in [-0.1, -0.05) is 13.3 Å². The van der Waals surface area contributed by atoms with Gasteiger partial charge >= 0.3 is 0 Å². The molecule has 0 amide bonds. The number of rotatable bonds is 6. The summed E-state index contributed by atoms with van der Waals surface area (Å²) >= 11 is 0. The van der Waals surface area contributed by atoms with Crippen molar-refractivity contribution in [2.45, 2.75) is 51.2 Å². The molecule has 14 heavy (non-hydrogen) atoms. The van der Waals surface area contributed by atoms with Crippen LogP contribution in [-0.2, 0) is 4.74 Å². The van der Waals surface area contributed by atoms with Crippen molar-refractivity contribution in [3.05, 3.63) is 0 Å². The van der Waals surface area contributed by atoms with Crippen molar-refractivity contribution in [3.63, 3.8) is 0 Å². The van der Waals surface area contributed by atoms with E-state index in [0.717, 1.165) is 32.3 Å². The molecule has 3 N–H and O–H groups in total. The molecule has 84 valence electrons. The van der Waals surface area contributed by atoms with Crippen LogP contribution < -0.4 is 5.73 Å². The molecular weight excluding hydrogens is 178 g/mol. The molecule has 1 aliphatic carbocycles. The summed E-state index contributed by atoms with van der Waals surface area (Å²) in [6.45, 7) is 5.44. The minimum atomic E-state index is -0.537. The summed E-state index contributed by atoms with van der Waals surface area (Å²) in [6.07, 6.45) is 3.90. The molecule has 0 aromatic carbocycles. The highest BCUT2D eigenvalue weighted by molar-refractivity contribution is 5.00. The number of ether oxygens (including phenoxy) is 1. The molecule has 1 fully saturated rings. The summed E-state index contributed by atoms with van der Waals surface area (Å²) in [5, 5.41) is 10.2. The minimum absolute atomic E-state index is 0.254. The average Bonchev–Trinajstić information content (AvgIpc) is 2.11. The van der Waals surface area contributed by atoms with E-state index in [1.54, 1.807) is 0 Å². The van der Waals surface area contributed by atoms with Crippen LogP contribution in [0.15, 0.2) is 0 Å². The van der Waals surface area contributed by atoms with Gasteiger partial charge < -0.3 is 15.6 Å². The maximum Gasteiger partial charge on any atom is 0.0737 e. The lowest BCUT2D eigenvalue weighted by molar-refractivity contribution is -0.165. The molecule has 0 saturated heterocycles. The number of nitrogens with two attached hydrogens (primary N) is 1. The van der Waals surface area contributed by atoms with E-state index in [0.29, 0.717) is 6.54 Å². The van der Waals surface area contributed by atoms with Crippen LogP contribution in [0.4, 0.5) is 0 Å². The fraction of sp³-hybridized carbons (Fsp3) is 1.00. The van der Waals surface area contributed by atoms with Gasteiger partial charge in [-0.25, -0.2) is 0 Å². The maximum absolute atomic E-state index is 10.2. The van der Waals surface area contributed by atoms with E-state index < -0.39 is 5.60 Å². The lowest BCUT2D eigenvalue weighted by Gasteiger charge is -2.48. The second kappa shape index (κ2) is 5.10. The van der Waals surface area contributed by atoms with E-state index >= 15 is 0 Å². The normalized spacial score (nSPS) is 33.9.